The zero-order chi connectivity index (χ0) is 16.5. The molecule has 0 N–H and O–H groups in total. The maximum atomic E-state index is 12.0. The summed E-state index contributed by atoms with van der Waals surface area (Å²) in [5, 5.41) is 0. The molecule has 2 aromatic carbocycles. The van der Waals surface area contributed by atoms with Gasteiger partial charge in [0, 0.05) is 19.7 Å². The molecule has 0 radical (unpaired) electrons. The van der Waals surface area contributed by atoms with Crippen molar-refractivity contribution in [3.8, 4) is 0 Å². The van der Waals surface area contributed by atoms with Gasteiger partial charge in [-0.25, -0.2) is 4.79 Å². The number of nitrogens with zero attached hydrogens (tertiary/aromatic N) is 1. The minimum absolute atomic E-state index is 0.214. The highest BCUT2D eigenvalue weighted by Gasteiger charge is 2.16. The molecule has 0 saturated carbocycles. The van der Waals surface area contributed by atoms with Gasteiger partial charge in [0.05, 0.1) is 17.4 Å². The highest BCUT2D eigenvalue weighted by atomic mass is 16.5. The van der Waals surface area contributed by atoms with Crippen molar-refractivity contribution in [3.05, 3.63) is 66.2 Å². The lowest BCUT2D eigenvalue weighted by molar-refractivity contribution is 0.0221. The number of para-hydroxylation sites is 1. The van der Waals surface area contributed by atoms with Crippen LogP contribution in [0.3, 0.4) is 0 Å². The van der Waals surface area contributed by atoms with Crippen LogP contribution >= 0.6 is 0 Å². The minimum Gasteiger partial charge on any atom is -0.459 e. The first kappa shape index (κ1) is 16.9. The predicted octanol–water partition coefficient (Wildman–Crippen LogP) is 4.04. The summed E-state index contributed by atoms with van der Waals surface area (Å²) in [7, 11) is 1.62. The summed E-state index contributed by atoms with van der Waals surface area (Å²) in [5.74, 6) is -0.326. The molecule has 4 nitrogen and oxygen atoms in total. The average Bonchev–Trinajstić information content (AvgIpc) is 2.60. The van der Waals surface area contributed by atoms with Gasteiger partial charge in [0.2, 0.25) is 0 Å². The zero-order valence-electron chi connectivity index (χ0n) is 13.4. The van der Waals surface area contributed by atoms with Gasteiger partial charge in [-0.2, -0.15) is 0 Å². The Morgan fingerprint density at radius 1 is 1.09 bits per heavy atom. The maximum Gasteiger partial charge on any atom is 0.338 e. The lowest BCUT2D eigenvalue weighted by Crippen LogP contribution is -2.23. The van der Waals surface area contributed by atoms with E-state index in [4.69, 9.17) is 9.47 Å². The molecule has 0 heterocycles. The lowest BCUT2D eigenvalue weighted by Gasteiger charge is -2.17. The van der Waals surface area contributed by atoms with Crippen LogP contribution in [0, 0.1) is 0 Å². The van der Waals surface area contributed by atoms with Crippen molar-refractivity contribution < 1.29 is 14.3 Å². The van der Waals surface area contributed by atoms with Crippen LogP contribution in [0.2, 0.25) is 0 Å². The number of hydrogen-bond donors (Lipinski definition) is 0. The molecule has 0 fully saturated rings. The van der Waals surface area contributed by atoms with Gasteiger partial charge in [-0.1, -0.05) is 36.4 Å². The van der Waals surface area contributed by atoms with E-state index in [0.29, 0.717) is 12.0 Å². The van der Waals surface area contributed by atoms with Crippen molar-refractivity contribution in [2.75, 3.05) is 7.11 Å². The predicted molar refractivity (Wildman–Crippen MR) is 91.3 cm³/mol. The third-order valence-electron chi connectivity index (χ3n) is 3.33. The lowest BCUT2D eigenvalue weighted by atomic mass is 10.2. The van der Waals surface area contributed by atoms with Crippen molar-refractivity contribution in [2.45, 2.75) is 25.6 Å². The molecule has 0 bridgehead atoms. The summed E-state index contributed by atoms with van der Waals surface area (Å²) in [6.45, 7) is 1.85. The molecule has 0 amide bonds. The van der Waals surface area contributed by atoms with Gasteiger partial charge in [0.1, 0.15) is 6.10 Å². The van der Waals surface area contributed by atoms with E-state index in [0.717, 1.165) is 5.69 Å². The summed E-state index contributed by atoms with van der Waals surface area (Å²) in [6, 6.07) is 18.6. The molecule has 0 aliphatic carbocycles. The standard InChI is InChI=1S/C19H21NO3/c1-15(23-19(21)16-9-5-3-6-10-16)13-18(22-2)14-20-17-11-7-4-8-12-17/h3-12,14-15,18H,13H2,1-2H3. The monoisotopic (exact) mass is 311 g/mol. The Hall–Kier alpha value is -2.46. The second kappa shape index (κ2) is 8.86. The molecule has 0 aromatic heterocycles. The van der Waals surface area contributed by atoms with Gasteiger partial charge < -0.3 is 9.47 Å². The van der Waals surface area contributed by atoms with Crippen molar-refractivity contribution >= 4 is 17.9 Å². The van der Waals surface area contributed by atoms with Crippen LogP contribution in [0.15, 0.2) is 65.7 Å². The summed E-state index contributed by atoms with van der Waals surface area (Å²) >= 11 is 0. The Balaban J connectivity index is 1.88. The first-order valence-electron chi connectivity index (χ1n) is 7.57. The summed E-state index contributed by atoms with van der Waals surface area (Å²) in [4.78, 5) is 16.4. The molecule has 2 rings (SSSR count). The first-order valence-corrected chi connectivity index (χ1v) is 7.57. The van der Waals surface area contributed by atoms with Gasteiger partial charge in [-0.15, -0.1) is 0 Å². The number of methoxy groups -OCH3 is 1. The van der Waals surface area contributed by atoms with Gasteiger partial charge in [0.25, 0.3) is 0 Å². The molecular weight excluding hydrogens is 290 g/mol. The molecule has 0 saturated heterocycles. The fourth-order valence-electron chi connectivity index (χ4n) is 2.10. The number of hydrogen-bond acceptors (Lipinski definition) is 4. The molecule has 0 spiro atoms. The Kier molecular flexibility index (Phi) is 6.51. The smallest absolute Gasteiger partial charge is 0.338 e. The second-order valence-corrected chi connectivity index (χ2v) is 5.21. The van der Waals surface area contributed by atoms with Gasteiger partial charge in [-0.05, 0) is 31.2 Å². The third-order valence-corrected chi connectivity index (χ3v) is 3.33. The van der Waals surface area contributed by atoms with E-state index in [2.05, 4.69) is 4.99 Å². The normalized spacial score (nSPS) is 13.7. The third kappa shape index (κ3) is 5.68. The molecule has 0 aliphatic rings. The van der Waals surface area contributed by atoms with Gasteiger partial charge >= 0.3 is 5.97 Å². The van der Waals surface area contributed by atoms with Crippen LogP contribution < -0.4 is 0 Å². The maximum absolute atomic E-state index is 12.0. The van der Waals surface area contributed by atoms with E-state index < -0.39 is 0 Å². The molecule has 2 unspecified atom stereocenters. The second-order valence-electron chi connectivity index (χ2n) is 5.21. The number of aliphatic imine (C=N–C) groups is 1. The number of carbonyl (C=O) groups excluding carboxylic acids is 1. The average molecular weight is 311 g/mol. The van der Waals surface area contributed by atoms with Crippen molar-refractivity contribution in [1.29, 1.82) is 0 Å². The van der Waals surface area contributed by atoms with E-state index in [-0.39, 0.29) is 18.2 Å². The van der Waals surface area contributed by atoms with Crippen LogP contribution in [0.5, 0.6) is 0 Å². The number of ether oxygens (including phenoxy) is 2. The molecule has 4 heteroatoms. The van der Waals surface area contributed by atoms with E-state index in [1.54, 1.807) is 25.5 Å². The molecule has 2 aromatic rings. The van der Waals surface area contributed by atoms with Crippen LogP contribution in [0.25, 0.3) is 0 Å². The number of benzene rings is 2. The largest absolute Gasteiger partial charge is 0.459 e. The van der Waals surface area contributed by atoms with Crippen LogP contribution in [-0.2, 0) is 9.47 Å². The van der Waals surface area contributed by atoms with Gasteiger partial charge in [0.15, 0.2) is 0 Å². The Morgan fingerprint density at radius 2 is 1.70 bits per heavy atom. The summed E-state index contributed by atoms with van der Waals surface area (Å²) < 4.78 is 10.8. The highest BCUT2D eigenvalue weighted by molar-refractivity contribution is 5.89. The van der Waals surface area contributed by atoms with E-state index in [1.807, 2.05) is 55.5 Å². The van der Waals surface area contributed by atoms with Crippen LogP contribution in [0.4, 0.5) is 5.69 Å². The molecule has 2 atom stereocenters. The Bertz CT molecular complexity index is 626. The quantitative estimate of drug-likeness (QED) is 0.573. The van der Waals surface area contributed by atoms with E-state index in [1.165, 1.54) is 0 Å². The number of rotatable bonds is 7. The first-order chi connectivity index (χ1) is 11.2. The molecule has 0 aliphatic heterocycles. The topological polar surface area (TPSA) is 47.9 Å². The summed E-state index contributed by atoms with van der Waals surface area (Å²) in [6.07, 6.45) is 1.80. The number of esters is 1. The van der Waals surface area contributed by atoms with Crippen molar-refractivity contribution in [1.82, 2.24) is 0 Å². The minimum atomic E-state index is -0.326. The molecule has 120 valence electrons. The fraction of sp³-hybridized carbons (Fsp3) is 0.263. The Morgan fingerprint density at radius 3 is 2.30 bits per heavy atom. The highest BCUT2D eigenvalue weighted by Crippen LogP contribution is 2.12. The van der Waals surface area contributed by atoms with Crippen LogP contribution in [-0.4, -0.2) is 31.5 Å². The SMILES string of the molecule is COC(C=Nc1ccccc1)CC(C)OC(=O)c1ccccc1. The van der Waals surface area contributed by atoms with E-state index >= 15 is 0 Å². The van der Waals surface area contributed by atoms with Gasteiger partial charge in [-0.3, -0.25) is 4.99 Å². The zero-order valence-corrected chi connectivity index (χ0v) is 13.4. The fourth-order valence-corrected chi connectivity index (χ4v) is 2.10. The molecule has 23 heavy (non-hydrogen) atoms. The van der Waals surface area contributed by atoms with Crippen molar-refractivity contribution in [3.63, 3.8) is 0 Å². The summed E-state index contributed by atoms with van der Waals surface area (Å²) in [5.41, 5.74) is 1.41. The number of carbonyl (C=O) groups is 1. The Labute approximate surface area is 136 Å². The molecular formula is C19H21NO3. The van der Waals surface area contributed by atoms with Crippen LogP contribution in [0.1, 0.15) is 23.7 Å². The van der Waals surface area contributed by atoms with Crippen molar-refractivity contribution in [2.24, 2.45) is 4.99 Å². The van der Waals surface area contributed by atoms with E-state index in [9.17, 15) is 4.79 Å².